The van der Waals surface area contributed by atoms with Crippen LogP contribution in [0.2, 0.25) is 0 Å². The maximum absolute atomic E-state index is 12.3. The molecule has 1 unspecified atom stereocenters. The Kier molecular flexibility index (Phi) is 5.12. The van der Waals surface area contributed by atoms with Crippen molar-refractivity contribution in [1.29, 1.82) is 0 Å². The number of nitrogens with one attached hydrogen (secondary N) is 2. The van der Waals surface area contributed by atoms with Crippen LogP contribution in [0.1, 0.15) is 32.1 Å². The minimum atomic E-state index is -0.576. The highest BCUT2D eigenvalue weighted by Crippen LogP contribution is 2.22. The third kappa shape index (κ3) is 4.12. The zero-order valence-electron chi connectivity index (χ0n) is 13.6. The fourth-order valence-electron chi connectivity index (χ4n) is 3.31. The molecule has 1 aromatic heterocycles. The fraction of sp³-hybridized carbons (Fsp3) is 0.625. The van der Waals surface area contributed by atoms with E-state index in [1.54, 1.807) is 6.20 Å². The van der Waals surface area contributed by atoms with Gasteiger partial charge in [-0.05, 0) is 37.7 Å². The summed E-state index contributed by atoms with van der Waals surface area (Å²) >= 11 is 0. The van der Waals surface area contributed by atoms with Crippen molar-refractivity contribution < 1.29 is 14.4 Å². The second-order valence-electron chi connectivity index (χ2n) is 6.44. The molecular weight excluding hydrogens is 310 g/mol. The zero-order valence-corrected chi connectivity index (χ0v) is 13.6. The minimum Gasteiger partial charge on any atom is -0.343 e. The summed E-state index contributed by atoms with van der Waals surface area (Å²) < 4.78 is 1.94. The van der Waals surface area contributed by atoms with Gasteiger partial charge in [-0.15, -0.1) is 0 Å². The van der Waals surface area contributed by atoms with Gasteiger partial charge in [0.1, 0.15) is 6.04 Å². The summed E-state index contributed by atoms with van der Waals surface area (Å²) in [6.45, 7) is 2.46. The van der Waals surface area contributed by atoms with E-state index in [9.17, 15) is 14.4 Å². The molecule has 2 fully saturated rings. The first kappa shape index (κ1) is 16.5. The normalized spacial score (nSPS) is 21.7. The van der Waals surface area contributed by atoms with Gasteiger partial charge in [-0.3, -0.25) is 19.6 Å². The van der Waals surface area contributed by atoms with E-state index in [0.717, 1.165) is 38.9 Å². The van der Waals surface area contributed by atoms with E-state index >= 15 is 0 Å². The Morgan fingerprint density at radius 1 is 1.25 bits per heavy atom. The SMILES string of the molecule is O=C1NC(=O)C(CCC(=O)N2CCC(CCn3cccn3)CC2)N1. The third-order valence-corrected chi connectivity index (χ3v) is 4.80. The molecule has 8 nitrogen and oxygen atoms in total. The summed E-state index contributed by atoms with van der Waals surface area (Å²) in [5.41, 5.74) is 0. The van der Waals surface area contributed by atoms with Crippen molar-refractivity contribution in [2.45, 2.75) is 44.7 Å². The van der Waals surface area contributed by atoms with Gasteiger partial charge in [0, 0.05) is 38.4 Å². The number of amides is 4. The molecular formula is C16H23N5O3. The van der Waals surface area contributed by atoms with Crippen LogP contribution in [0, 0.1) is 5.92 Å². The summed E-state index contributed by atoms with van der Waals surface area (Å²) in [4.78, 5) is 36.6. The Bertz CT molecular complexity index is 593. The van der Waals surface area contributed by atoms with Gasteiger partial charge < -0.3 is 10.2 Å². The van der Waals surface area contributed by atoms with Crippen LogP contribution in [0.4, 0.5) is 4.79 Å². The molecule has 3 rings (SSSR count). The second-order valence-corrected chi connectivity index (χ2v) is 6.44. The lowest BCUT2D eigenvalue weighted by molar-refractivity contribution is -0.132. The van der Waals surface area contributed by atoms with Crippen LogP contribution < -0.4 is 10.6 Å². The van der Waals surface area contributed by atoms with Crippen LogP contribution in [0.5, 0.6) is 0 Å². The highest BCUT2D eigenvalue weighted by molar-refractivity contribution is 6.04. The van der Waals surface area contributed by atoms with Gasteiger partial charge in [0.2, 0.25) is 5.91 Å². The smallest absolute Gasteiger partial charge is 0.322 e. The monoisotopic (exact) mass is 333 g/mol. The van der Waals surface area contributed by atoms with E-state index in [1.807, 2.05) is 21.8 Å². The van der Waals surface area contributed by atoms with Gasteiger partial charge in [-0.2, -0.15) is 5.10 Å². The quantitative estimate of drug-likeness (QED) is 0.741. The Morgan fingerprint density at radius 2 is 2.04 bits per heavy atom. The van der Waals surface area contributed by atoms with Gasteiger partial charge in [-0.25, -0.2) is 4.79 Å². The van der Waals surface area contributed by atoms with Gasteiger partial charge in [0.05, 0.1) is 0 Å². The molecule has 0 bridgehead atoms. The van der Waals surface area contributed by atoms with Crippen molar-refractivity contribution in [3.05, 3.63) is 18.5 Å². The van der Waals surface area contributed by atoms with Crippen LogP contribution in [0.25, 0.3) is 0 Å². The molecule has 2 aliphatic rings. The molecule has 0 saturated carbocycles. The van der Waals surface area contributed by atoms with Crippen molar-refractivity contribution in [2.24, 2.45) is 5.92 Å². The molecule has 4 amide bonds. The highest BCUT2D eigenvalue weighted by atomic mass is 16.2. The number of aryl methyl sites for hydroxylation is 1. The van der Waals surface area contributed by atoms with Crippen LogP contribution in [-0.4, -0.2) is 51.7 Å². The summed E-state index contributed by atoms with van der Waals surface area (Å²) in [5, 5.41) is 8.91. The lowest BCUT2D eigenvalue weighted by atomic mass is 9.93. The van der Waals surface area contributed by atoms with Crippen molar-refractivity contribution in [2.75, 3.05) is 13.1 Å². The lowest BCUT2D eigenvalue weighted by Gasteiger charge is -2.32. The molecule has 2 aliphatic heterocycles. The Morgan fingerprint density at radius 3 is 2.67 bits per heavy atom. The second kappa shape index (κ2) is 7.46. The Balaban J connectivity index is 1.35. The van der Waals surface area contributed by atoms with Crippen LogP contribution in [0.3, 0.4) is 0 Å². The molecule has 24 heavy (non-hydrogen) atoms. The number of carbonyl (C=O) groups is 3. The molecule has 0 aromatic carbocycles. The summed E-state index contributed by atoms with van der Waals surface area (Å²) in [6, 6.07) is 0.873. The summed E-state index contributed by atoms with van der Waals surface area (Å²) in [5.74, 6) is 0.345. The molecule has 2 saturated heterocycles. The molecule has 1 atom stereocenters. The van der Waals surface area contributed by atoms with E-state index in [1.165, 1.54) is 0 Å². The zero-order chi connectivity index (χ0) is 16.9. The largest absolute Gasteiger partial charge is 0.343 e. The van der Waals surface area contributed by atoms with E-state index < -0.39 is 12.1 Å². The van der Waals surface area contributed by atoms with Crippen LogP contribution >= 0.6 is 0 Å². The summed E-state index contributed by atoms with van der Waals surface area (Å²) in [7, 11) is 0. The third-order valence-electron chi connectivity index (χ3n) is 4.80. The molecule has 0 aliphatic carbocycles. The molecule has 0 radical (unpaired) electrons. The number of hydrogen-bond donors (Lipinski definition) is 2. The average molecular weight is 333 g/mol. The van der Waals surface area contributed by atoms with E-state index in [4.69, 9.17) is 0 Å². The first-order chi connectivity index (χ1) is 11.6. The predicted molar refractivity (Wildman–Crippen MR) is 85.8 cm³/mol. The number of likely N-dealkylation sites (tertiary alicyclic amines) is 1. The van der Waals surface area contributed by atoms with Gasteiger partial charge >= 0.3 is 6.03 Å². The number of rotatable bonds is 6. The van der Waals surface area contributed by atoms with Gasteiger partial charge in [0.15, 0.2) is 0 Å². The summed E-state index contributed by atoms with van der Waals surface area (Å²) in [6.07, 6.45) is 7.50. The van der Waals surface area contributed by atoms with Crippen molar-refractivity contribution in [3.8, 4) is 0 Å². The topological polar surface area (TPSA) is 96.3 Å². The van der Waals surface area contributed by atoms with Gasteiger partial charge in [0.25, 0.3) is 5.91 Å². The molecule has 8 heteroatoms. The maximum Gasteiger partial charge on any atom is 0.322 e. The molecule has 2 N–H and O–H groups in total. The number of aromatic nitrogens is 2. The predicted octanol–water partition coefficient (Wildman–Crippen LogP) is 0.500. The van der Waals surface area contributed by atoms with Crippen molar-refractivity contribution in [1.82, 2.24) is 25.3 Å². The van der Waals surface area contributed by atoms with Crippen molar-refractivity contribution in [3.63, 3.8) is 0 Å². The molecule has 130 valence electrons. The van der Waals surface area contributed by atoms with Gasteiger partial charge in [-0.1, -0.05) is 0 Å². The molecule has 0 spiro atoms. The van der Waals surface area contributed by atoms with Crippen LogP contribution in [-0.2, 0) is 16.1 Å². The number of hydrogen-bond acceptors (Lipinski definition) is 4. The first-order valence-electron chi connectivity index (χ1n) is 8.48. The highest BCUT2D eigenvalue weighted by Gasteiger charge is 2.30. The Hall–Kier alpha value is -2.38. The standard InChI is InChI=1S/C16H23N5O3/c22-14(3-2-13-15(23)19-16(24)18-13)20-9-4-12(5-10-20)6-11-21-8-1-7-17-21/h1,7-8,12-13H,2-6,9-11H2,(H2,18,19,23,24). The van der Waals surface area contributed by atoms with E-state index in [-0.39, 0.29) is 18.2 Å². The molecule has 3 heterocycles. The van der Waals surface area contributed by atoms with Crippen LogP contribution in [0.15, 0.2) is 18.5 Å². The number of imide groups is 1. The molecule has 1 aromatic rings. The number of nitrogens with zero attached hydrogens (tertiary/aromatic N) is 3. The number of piperidine rings is 1. The van der Waals surface area contributed by atoms with Crippen molar-refractivity contribution >= 4 is 17.8 Å². The minimum absolute atomic E-state index is 0.0643. The maximum atomic E-state index is 12.3. The average Bonchev–Trinajstić information content (AvgIpc) is 3.20. The number of carbonyl (C=O) groups excluding carboxylic acids is 3. The lowest BCUT2D eigenvalue weighted by Crippen LogP contribution is -2.39. The fourth-order valence-corrected chi connectivity index (χ4v) is 3.31. The first-order valence-corrected chi connectivity index (χ1v) is 8.48. The Labute approximate surface area is 140 Å². The van der Waals surface area contributed by atoms with E-state index in [0.29, 0.717) is 12.3 Å². The number of urea groups is 1. The van der Waals surface area contributed by atoms with E-state index in [2.05, 4.69) is 15.7 Å².